The van der Waals surface area contributed by atoms with Crippen molar-refractivity contribution in [2.75, 3.05) is 4.72 Å². The largest absolute Gasteiger partial charge is 0.289 e. The molecule has 0 saturated carbocycles. The Labute approximate surface area is 131 Å². The number of halogens is 1. The smallest absolute Gasteiger partial charge is 0.279 e. The number of rotatable bonds is 4. The first-order valence-electron chi connectivity index (χ1n) is 5.80. The zero-order chi connectivity index (χ0) is 16.3. The number of nitrogens with zero attached hydrogens (tertiary/aromatic N) is 2. The van der Waals surface area contributed by atoms with Gasteiger partial charge in [-0.3, -0.25) is 14.8 Å². The number of nitrogens with one attached hydrogen (secondary N) is 1. The van der Waals surface area contributed by atoms with Crippen molar-refractivity contribution in [2.24, 2.45) is 0 Å². The third kappa shape index (κ3) is 3.33. The van der Waals surface area contributed by atoms with Crippen molar-refractivity contribution < 1.29 is 13.3 Å². The maximum absolute atomic E-state index is 12.2. The van der Waals surface area contributed by atoms with Crippen LogP contribution < -0.4 is 4.72 Å². The van der Waals surface area contributed by atoms with Gasteiger partial charge in [0.05, 0.1) is 27.1 Å². The average Bonchev–Trinajstić information content (AvgIpc) is 2.48. The number of hydrogen-bond donors (Lipinski definition) is 1. The van der Waals surface area contributed by atoms with Crippen molar-refractivity contribution in [2.45, 2.75) is 4.90 Å². The van der Waals surface area contributed by atoms with E-state index in [-0.39, 0.29) is 21.2 Å². The first kappa shape index (κ1) is 15.8. The van der Waals surface area contributed by atoms with Crippen LogP contribution in [0.3, 0.4) is 0 Å². The summed E-state index contributed by atoms with van der Waals surface area (Å²) >= 11 is 5.66. The zero-order valence-corrected chi connectivity index (χ0v) is 12.4. The standard InChI is InChI=1S/C13H8ClN3O4S/c14-12-5-4-10(7-13(12)17(18)19)16-22(20,21)11-3-1-2-9(6-11)8-15/h1-7,16H. The van der Waals surface area contributed by atoms with Crippen LogP contribution in [0.1, 0.15) is 5.56 Å². The molecule has 0 fully saturated rings. The second-order valence-electron chi connectivity index (χ2n) is 4.17. The molecule has 2 rings (SSSR count). The fraction of sp³-hybridized carbons (Fsp3) is 0. The van der Waals surface area contributed by atoms with Crippen molar-refractivity contribution in [3.05, 3.63) is 63.2 Å². The van der Waals surface area contributed by atoms with Crippen LogP contribution in [0.25, 0.3) is 0 Å². The molecule has 22 heavy (non-hydrogen) atoms. The fourth-order valence-electron chi connectivity index (χ4n) is 1.66. The molecule has 0 bridgehead atoms. The molecule has 0 unspecified atom stereocenters. The van der Waals surface area contributed by atoms with E-state index < -0.39 is 20.6 Å². The van der Waals surface area contributed by atoms with E-state index in [0.717, 1.165) is 6.07 Å². The van der Waals surface area contributed by atoms with E-state index in [2.05, 4.69) is 4.72 Å². The van der Waals surface area contributed by atoms with Crippen LogP contribution in [0, 0.1) is 21.4 Å². The maximum atomic E-state index is 12.2. The van der Waals surface area contributed by atoms with Gasteiger partial charge in [-0.05, 0) is 30.3 Å². The van der Waals surface area contributed by atoms with Crippen LogP contribution >= 0.6 is 11.6 Å². The van der Waals surface area contributed by atoms with E-state index in [1.165, 1.54) is 36.4 Å². The first-order chi connectivity index (χ1) is 10.3. The first-order valence-corrected chi connectivity index (χ1v) is 7.66. The summed E-state index contributed by atoms with van der Waals surface area (Å²) in [7, 11) is -3.97. The Kier molecular flexibility index (Phi) is 4.30. The summed E-state index contributed by atoms with van der Waals surface area (Å²) < 4.78 is 26.6. The lowest BCUT2D eigenvalue weighted by molar-refractivity contribution is -0.384. The Morgan fingerprint density at radius 2 is 1.95 bits per heavy atom. The highest BCUT2D eigenvalue weighted by Gasteiger charge is 2.18. The highest BCUT2D eigenvalue weighted by atomic mass is 35.5. The highest BCUT2D eigenvalue weighted by Crippen LogP contribution is 2.28. The summed E-state index contributed by atoms with van der Waals surface area (Å²) in [6.45, 7) is 0. The van der Waals surface area contributed by atoms with Crippen LogP contribution in [-0.2, 0) is 10.0 Å². The summed E-state index contributed by atoms with van der Waals surface area (Å²) in [5, 5.41) is 19.5. The Hall–Kier alpha value is -2.63. The summed E-state index contributed by atoms with van der Waals surface area (Å²) in [6.07, 6.45) is 0. The second kappa shape index (κ2) is 6.01. The molecule has 0 spiro atoms. The monoisotopic (exact) mass is 337 g/mol. The fourth-order valence-corrected chi connectivity index (χ4v) is 2.94. The van der Waals surface area contributed by atoms with E-state index >= 15 is 0 Å². The minimum atomic E-state index is -3.97. The summed E-state index contributed by atoms with van der Waals surface area (Å²) in [5.74, 6) is 0. The molecular weight excluding hydrogens is 330 g/mol. The van der Waals surface area contributed by atoms with Crippen LogP contribution in [0.15, 0.2) is 47.4 Å². The van der Waals surface area contributed by atoms with Gasteiger partial charge in [0.1, 0.15) is 5.02 Å². The van der Waals surface area contributed by atoms with Gasteiger partial charge < -0.3 is 0 Å². The van der Waals surface area contributed by atoms with E-state index in [4.69, 9.17) is 16.9 Å². The van der Waals surface area contributed by atoms with Gasteiger partial charge in [0.15, 0.2) is 0 Å². The molecule has 0 aliphatic heterocycles. The highest BCUT2D eigenvalue weighted by molar-refractivity contribution is 7.92. The molecular formula is C13H8ClN3O4S. The van der Waals surface area contributed by atoms with Gasteiger partial charge in [0, 0.05) is 6.07 Å². The third-order valence-electron chi connectivity index (χ3n) is 2.67. The van der Waals surface area contributed by atoms with Crippen molar-refractivity contribution in [3.63, 3.8) is 0 Å². The molecule has 2 aromatic carbocycles. The van der Waals surface area contributed by atoms with Gasteiger partial charge in [0.2, 0.25) is 0 Å². The van der Waals surface area contributed by atoms with E-state index in [9.17, 15) is 18.5 Å². The molecule has 2 aromatic rings. The summed E-state index contributed by atoms with van der Waals surface area (Å²) in [5.41, 5.74) is -0.226. The lowest BCUT2D eigenvalue weighted by Gasteiger charge is -2.08. The molecule has 0 saturated heterocycles. The number of nitriles is 1. The Morgan fingerprint density at radius 1 is 1.23 bits per heavy atom. The predicted octanol–water partition coefficient (Wildman–Crippen LogP) is 2.92. The molecule has 0 amide bonds. The van der Waals surface area contributed by atoms with Crippen molar-refractivity contribution in [1.29, 1.82) is 5.26 Å². The zero-order valence-electron chi connectivity index (χ0n) is 10.9. The SMILES string of the molecule is N#Cc1cccc(S(=O)(=O)Nc2ccc(Cl)c([N+](=O)[O-])c2)c1. The summed E-state index contributed by atoms with van der Waals surface area (Å²) in [6, 6.07) is 10.8. The molecule has 9 heteroatoms. The topological polar surface area (TPSA) is 113 Å². The van der Waals surface area contributed by atoms with E-state index in [1.807, 2.05) is 6.07 Å². The molecule has 0 heterocycles. The average molecular weight is 338 g/mol. The Balaban J connectivity index is 2.39. The molecule has 0 atom stereocenters. The van der Waals surface area contributed by atoms with Crippen LogP contribution in [0.5, 0.6) is 0 Å². The van der Waals surface area contributed by atoms with Gasteiger partial charge >= 0.3 is 0 Å². The lowest BCUT2D eigenvalue weighted by Crippen LogP contribution is -2.13. The molecule has 0 radical (unpaired) electrons. The van der Waals surface area contributed by atoms with Crippen LogP contribution in [0.2, 0.25) is 5.02 Å². The van der Waals surface area contributed by atoms with Gasteiger partial charge in [0.25, 0.3) is 15.7 Å². The number of nitro groups is 1. The molecule has 0 aliphatic rings. The van der Waals surface area contributed by atoms with Crippen molar-refractivity contribution >= 4 is 33.0 Å². The second-order valence-corrected chi connectivity index (χ2v) is 6.26. The Bertz CT molecular complexity index is 890. The summed E-state index contributed by atoms with van der Waals surface area (Å²) in [4.78, 5) is 9.97. The minimum Gasteiger partial charge on any atom is -0.279 e. The third-order valence-corrected chi connectivity index (χ3v) is 4.37. The number of sulfonamides is 1. The van der Waals surface area contributed by atoms with Crippen LogP contribution in [0.4, 0.5) is 11.4 Å². The van der Waals surface area contributed by atoms with Gasteiger partial charge in [-0.1, -0.05) is 17.7 Å². The number of hydrogen-bond acceptors (Lipinski definition) is 5. The normalized spacial score (nSPS) is 10.7. The molecule has 7 nitrogen and oxygen atoms in total. The van der Waals surface area contributed by atoms with E-state index in [1.54, 1.807) is 0 Å². The van der Waals surface area contributed by atoms with Crippen molar-refractivity contribution in [3.8, 4) is 6.07 Å². The quantitative estimate of drug-likeness (QED) is 0.680. The van der Waals surface area contributed by atoms with E-state index in [0.29, 0.717) is 0 Å². The number of anilines is 1. The molecule has 112 valence electrons. The van der Waals surface area contributed by atoms with Crippen molar-refractivity contribution in [1.82, 2.24) is 0 Å². The van der Waals surface area contributed by atoms with Gasteiger partial charge in [-0.2, -0.15) is 5.26 Å². The molecule has 1 N–H and O–H groups in total. The molecule has 0 aliphatic carbocycles. The predicted molar refractivity (Wildman–Crippen MR) is 80.1 cm³/mol. The van der Waals surface area contributed by atoms with Crippen LogP contribution in [-0.4, -0.2) is 13.3 Å². The van der Waals surface area contributed by atoms with Gasteiger partial charge in [-0.15, -0.1) is 0 Å². The van der Waals surface area contributed by atoms with Gasteiger partial charge in [-0.25, -0.2) is 8.42 Å². The Morgan fingerprint density at radius 3 is 2.59 bits per heavy atom. The maximum Gasteiger partial charge on any atom is 0.289 e. The minimum absolute atomic E-state index is 0.00143. The number of benzene rings is 2. The number of nitro benzene ring substituents is 1. The lowest BCUT2D eigenvalue weighted by atomic mass is 10.2. The molecule has 0 aromatic heterocycles.